The Hall–Kier alpha value is -4.33. The number of esters is 1. The molecule has 1 aliphatic carbocycles. The van der Waals surface area contributed by atoms with E-state index in [1.54, 1.807) is 0 Å². The molecule has 0 amide bonds. The van der Waals surface area contributed by atoms with Gasteiger partial charge in [0.05, 0.1) is 18.2 Å². The fourth-order valence-electron chi connectivity index (χ4n) is 7.34. The van der Waals surface area contributed by atoms with E-state index in [9.17, 15) is 14.4 Å². The maximum Gasteiger partial charge on any atom is 0.321 e. The predicted molar refractivity (Wildman–Crippen MR) is 163 cm³/mol. The smallest absolute Gasteiger partial charge is 0.321 e. The molecule has 0 unspecified atom stereocenters. The van der Waals surface area contributed by atoms with Gasteiger partial charge in [0, 0.05) is 62.4 Å². The summed E-state index contributed by atoms with van der Waals surface area (Å²) in [7, 11) is 1.33. The van der Waals surface area contributed by atoms with Crippen molar-refractivity contribution < 1.29 is 19.1 Å². The summed E-state index contributed by atoms with van der Waals surface area (Å²) in [6.45, 7) is 12.5. The summed E-state index contributed by atoms with van der Waals surface area (Å²) in [5.41, 5.74) is 11.2. The highest BCUT2D eigenvalue weighted by molar-refractivity contribution is 6.24. The molecule has 1 fully saturated rings. The van der Waals surface area contributed by atoms with Crippen molar-refractivity contribution in [1.82, 2.24) is 20.3 Å². The predicted octanol–water partition coefficient (Wildman–Crippen LogP) is 4.20. The molecule has 2 aliphatic heterocycles. The Bertz CT molecular complexity index is 1860. The van der Waals surface area contributed by atoms with Crippen molar-refractivity contribution >= 4 is 41.8 Å². The highest BCUT2D eigenvalue weighted by Crippen LogP contribution is 2.47. The summed E-state index contributed by atoms with van der Waals surface area (Å²) in [5, 5.41) is 5.23. The number of aromatic nitrogens is 3. The van der Waals surface area contributed by atoms with Crippen LogP contribution in [0.15, 0.2) is 11.4 Å². The normalized spacial score (nSPS) is 25.3. The SMILES string of the molecule is CCc1c2[nH]c(c1C)/C=C1\N/C(=C3\c4[nH]c(c(C)c4C(=O)[C@@H]3C(=O)OC)/C=c3\[nH]/c(c(C=O)c3CC)=C\2)[C@@H](CC)[C@@H]1C. The first kappa shape index (κ1) is 27.8. The molecule has 8 bridgehead atoms. The lowest BCUT2D eigenvalue weighted by molar-refractivity contribution is -0.141. The highest BCUT2D eigenvalue weighted by atomic mass is 16.5. The van der Waals surface area contributed by atoms with Crippen LogP contribution < -0.4 is 16.0 Å². The topological polar surface area (TPSA) is 120 Å². The number of rotatable bonds is 5. The van der Waals surface area contributed by atoms with Crippen molar-refractivity contribution in [3.63, 3.8) is 0 Å². The number of aldehydes is 1. The third-order valence-electron chi connectivity index (χ3n) is 9.63. The number of methoxy groups -OCH3 is 1. The van der Waals surface area contributed by atoms with Crippen LogP contribution in [-0.4, -0.2) is 40.1 Å². The monoisotopic (exact) mass is 566 g/mol. The summed E-state index contributed by atoms with van der Waals surface area (Å²) in [6.07, 6.45) is 9.41. The number of ketones is 1. The van der Waals surface area contributed by atoms with Gasteiger partial charge in [-0.1, -0.05) is 27.7 Å². The molecule has 0 saturated carbocycles. The van der Waals surface area contributed by atoms with Crippen LogP contribution >= 0.6 is 0 Å². The molecular weight excluding hydrogens is 528 g/mol. The van der Waals surface area contributed by atoms with Crippen LogP contribution in [0, 0.1) is 31.6 Å². The molecule has 8 heteroatoms. The minimum absolute atomic E-state index is 0.0863. The van der Waals surface area contributed by atoms with Gasteiger partial charge in [-0.2, -0.15) is 0 Å². The van der Waals surface area contributed by atoms with Crippen LogP contribution in [0.25, 0.3) is 23.8 Å². The average molecular weight is 567 g/mol. The zero-order chi connectivity index (χ0) is 30.0. The van der Waals surface area contributed by atoms with E-state index in [0.717, 1.165) is 75.0 Å². The minimum Gasteiger partial charge on any atom is -0.468 e. The van der Waals surface area contributed by atoms with Crippen molar-refractivity contribution in [1.29, 1.82) is 0 Å². The van der Waals surface area contributed by atoms with Crippen molar-refractivity contribution in [2.24, 2.45) is 17.8 Å². The molecule has 4 N–H and O–H groups in total. The standard InChI is InChI=1S/C34H38N4O4/c1-8-18-15(4)22-11-23-16(5)19(9-2)31(37-23)29-30(34(41)42-7)33(40)28-17(6)24(38-32(28)29)12-26-20(10-3)21(14-39)27(36-26)13-25(18)35-22/h11-14,16,19,30,35-38H,8-10H2,1-7H3/b23-11-,26-12-,27-13-,31-29-/t16-,19-,30+/m0/s1. The first-order valence-corrected chi connectivity index (χ1v) is 14.9. The van der Waals surface area contributed by atoms with Crippen molar-refractivity contribution in [2.45, 2.75) is 60.8 Å². The molecule has 3 aliphatic rings. The number of fused-ring (bicyclic) bond motifs is 7. The lowest BCUT2D eigenvalue weighted by Crippen LogP contribution is -2.25. The maximum absolute atomic E-state index is 13.9. The first-order chi connectivity index (χ1) is 20.2. The van der Waals surface area contributed by atoms with E-state index >= 15 is 0 Å². The second-order valence-electron chi connectivity index (χ2n) is 11.6. The Morgan fingerprint density at radius 2 is 1.62 bits per heavy atom. The van der Waals surface area contributed by atoms with Crippen LogP contribution in [0.4, 0.5) is 0 Å². The Labute approximate surface area is 245 Å². The van der Waals surface area contributed by atoms with Crippen LogP contribution in [0.1, 0.15) is 99.9 Å². The lowest BCUT2D eigenvalue weighted by Gasteiger charge is -2.18. The van der Waals surface area contributed by atoms with Crippen LogP contribution in [0.5, 0.6) is 0 Å². The summed E-state index contributed by atoms with van der Waals surface area (Å²) >= 11 is 0. The van der Waals surface area contributed by atoms with Crippen LogP contribution in [0.3, 0.4) is 0 Å². The fraction of sp³-hybridized carbons (Fsp3) is 0.382. The first-order valence-electron chi connectivity index (χ1n) is 14.9. The summed E-state index contributed by atoms with van der Waals surface area (Å²) in [4.78, 5) is 50.1. The van der Waals surface area contributed by atoms with Crippen molar-refractivity contribution in [3.05, 3.63) is 78.2 Å². The van der Waals surface area contributed by atoms with E-state index in [1.807, 2.05) is 26.0 Å². The van der Waals surface area contributed by atoms with Gasteiger partial charge in [0.1, 0.15) is 5.92 Å². The molecule has 1 saturated heterocycles. The molecule has 6 rings (SSSR count). The minimum atomic E-state index is -1.03. The Balaban J connectivity index is 1.76. The van der Waals surface area contributed by atoms with E-state index in [1.165, 1.54) is 12.7 Å². The Morgan fingerprint density at radius 1 is 0.929 bits per heavy atom. The number of nitrogens with one attached hydrogen (secondary N) is 4. The van der Waals surface area contributed by atoms with E-state index in [-0.39, 0.29) is 17.6 Å². The van der Waals surface area contributed by atoms with Gasteiger partial charge in [0.2, 0.25) is 0 Å². The van der Waals surface area contributed by atoms with E-state index in [4.69, 9.17) is 4.74 Å². The molecule has 3 aromatic heterocycles. The highest BCUT2D eigenvalue weighted by Gasteiger charge is 2.48. The lowest BCUT2D eigenvalue weighted by atomic mass is 9.86. The van der Waals surface area contributed by atoms with Gasteiger partial charge >= 0.3 is 5.97 Å². The third-order valence-corrected chi connectivity index (χ3v) is 9.63. The van der Waals surface area contributed by atoms with E-state index in [0.29, 0.717) is 28.8 Å². The molecule has 3 atom stereocenters. The van der Waals surface area contributed by atoms with Gasteiger partial charge in [0.25, 0.3) is 0 Å². The summed E-state index contributed by atoms with van der Waals surface area (Å²) in [5.74, 6) is -1.62. The number of ether oxygens (including phenoxy) is 1. The molecule has 42 heavy (non-hydrogen) atoms. The second-order valence-corrected chi connectivity index (χ2v) is 11.6. The summed E-state index contributed by atoms with van der Waals surface area (Å²) < 4.78 is 5.17. The Morgan fingerprint density at radius 3 is 2.26 bits per heavy atom. The zero-order valence-corrected chi connectivity index (χ0v) is 25.3. The molecular formula is C34H38N4O4. The molecule has 8 nitrogen and oxygen atoms in total. The number of allylic oxidation sites excluding steroid dienone is 2. The number of carbonyl (C=O) groups excluding carboxylic acids is 3. The van der Waals surface area contributed by atoms with Crippen molar-refractivity contribution in [3.8, 4) is 0 Å². The quantitative estimate of drug-likeness (QED) is 0.210. The number of Topliss-reactive ketones (excluding diaryl/α,β-unsaturated/α-hetero) is 1. The maximum atomic E-state index is 13.9. The molecule has 5 heterocycles. The number of aromatic amines is 3. The molecule has 0 aromatic carbocycles. The number of hydrogen-bond donors (Lipinski definition) is 4. The summed E-state index contributed by atoms with van der Waals surface area (Å²) in [6, 6.07) is 0. The van der Waals surface area contributed by atoms with Gasteiger partial charge in [-0.05, 0) is 73.6 Å². The average Bonchev–Trinajstić information content (AvgIpc) is 3.72. The second kappa shape index (κ2) is 10.2. The zero-order valence-electron chi connectivity index (χ0n) is 25.3. The van der Waals surface area contributed by atoms with Gasteiger partial charge < -0.3 is 25.0 Å². The number of H-pyrrole nitrogens is 3. The van der Waals surface area contributed by atoms with Gasteiger partial charge in [-0.25, -0.2) is 0 Å². The molecule has 3 aromatic rings. The third kappa shape index (κ3) is 3.84. The van der Waals surface area contributed by atoms with E-state index < -0.39 is 11.9 Å². The van der Waals surface area contributed by atoms with Crippen molar-refractivity contribution in [2.75, 3.05) is 7.11 Å². The molecule has 0 spiro atoms. The fourth-order valence-corrected chi connectivity index (χ4v) is 7.34. The van der Waals surface area contributed by atoms with Crippen LogP contribution in [0.2, 0.25) is 0 Å². The molecule has 218 valence electrons. The van der Waals surface area contributed by atoms with Crippen LogP contribution in [-0.2, 0) is 22.4 Å². The Kier molecular flexibility index (Phi) is 6.75. The largest absolute Gasteiger partial charge is 0.468 e. The van der Waals surface area contributed by atoms with Gasteiger partial charge in [-0.15, -0.1) is 0 Å². The van der Waals surface area contributed by atoms with E-state index in [2.05, 4.69) is 54.0 Å². The van der Waals surface area contributed by atoms with Gasteiger partial charge in [0.15, 0.2) is 12.1 Å². The number of carbonyl (C=O) groups is 3. The number of hydrogen-bond acceptors (Lipinski definition) is 5. The molecule has 0 radical (unpaired) electrons. The van der Waals surface area contributed by atoms with Gasteiger partial charge in [-0.3, -0.25) is 14.4 Å².